The quantitative estimate of drug-likeness (QED) is 0.730. The van der Waals surface area contributed by atoms with Crippen LogP contribution in [0.2, 0.25) is 0 Å². The minimum absolute atomic E-state index is 0.112. The zero-order chi connectivity index (χ0) is 19.5. The maximum absolute atomic E-state index is 13.1. The Morgan fingerprint density at radius 2 is 2.14 bits per heavy atom. The van der Waals surface area contributed by atoms with Crippen molar-refractivity contribution >= 4 is 5.91 Å². The van der Waals surface area contributed by atoms with E-state index in [1.165, 1.54) is 12.1 Å². The highest BCUT2D eigenvalue weighted by Gasteiger charge is 2.33. The standard InChI is InChI=1S/C21H20FN3O3/c22-16-7-5-14(6-8-16)19(26)11-17-4-2-10-25(17)21(27)20-12-18(24-28-20)15-3-1-9-23-13-15/h1,3,5-9,12-13,17,19,26H,2,4,10-11H2. The summed E-state index contributed by atoms with van der Waals surface area (Å²) in [6.07, 6.45) is 4.60. The van der Waals surface area contributed by atoms with Crippen LogP contribution in [0.3, 0.4) is 0 Å². The van der Waals surface area contributed by atoms with Gasteiger partial charge in [0.25, 0.3) is 5.91 Å². The van der Waals surface area contributed by atoms with E-state index in [4.69, 9.17) is 4.52 Å². The minimum Gasteiger partial charge on any atom is -0.388 e. The molecule has 2 unspecified atom stereocenters. The second-order valence-electron chi connectivity index (χ2n) is 6.92. The van der Waals surface area contributed by atoms with Gasteiger partial charge in [0.15, 0.2) is 0 Å². The Kier molecular flexibility index (Phi) is 5.16. The molecule has 1 amide bonds. The molecule has 1 aliphatic heterocycles. The average molecular weight is 381 g/mol. The van der Waals surface area contributed by atoms with E-state index in [-0.39, 0.29) is 23.5 Å². The first-order chi connectivity index (χ1) is 13.6. The lowest BCUT2D eigenvalue weighted by molar-refractivity contribution is 0.0627. The molecule has 0 aliphatic carbocycles. The summed E-state index contributed by atoms with van der Waals surface area (Å²) in [6.45, 7) is 0.600. The number of hydrogen-bond acceptors (Lipinski definition) is 5. The maximum Gasteiger partial charge on any atom is 0.292 e. The number of benzene rings is 1. The molecule has 2 atom stereocenters. The number of nitrogens with zero attached hydrogens (tertiary/aromatic N) is 3. The van der Waals surface area contributed by atoms with Gasteiger partial charge in [-0.3, -0.25) is 9.78 Å². The van der Waals surface area contributed by atoms with Crippen LogP contribution < -0.4 is 0 Å². The van der Waals surface area contributed by atoms with Crippen LogP contribution >= 0.6 is 0 Å². The second kappa shape index (κ2) is 7.90. The minimum atomic E-state index is -0.764. The zero-order valence-electron chi connectivity index (χ0n) is 15.2. The van der Waals surface area contributed by atoms with Crippen LogP contribution in [0.25, 0.3) is 11.3 Å². The first-order valence-electron chi connectivity index (χ1n) is 9.23. The van der Waals surface area contributed by atoms with Crippen LogP contribution in [0.1, 0.15) is 41.5 Å². The number of amides is 1. The molecule has 0 saturated carbocycles. The van der Waals surface area contributed by atoms with Crippen LogP contribution in [0, 0.1) is 5.82 Å². The Hall–Kier alpha value is -3.06. The molecule has 0 radical (unpaired) electrons. The molecular weight excluding hydrogens is 361 g/mol. The topological polar surface area (TPSA) is 79.5 Å². The van der Waals surface area contributed by atoms with Crippen LogP contribution in [0.4, 0.5) is 4.39 Å². The molecule has 0 spiro atoms. The van der Waals surface area contributed by atoms with Gasteiger partial charge < -0.3 is 14.5 Å². The summed E-state index contributed by atoms with van der Waals surface area (Å²) in [5.74, 6) is -0.415. The molecule has 1 aliphatic rings. The molecule has 6 nitrogen and oxygen atoms in total. The Morgan fingerprint density at radius 1 is 1.32 bits per heavy atom. The number of carbonyl (C=O) groups is 1. The van der Waals surface area contributed by atoms with Crippen molar-refractivity contribution in [2.24, 2.45) is 0 Å². The van der Waals surface area contributed by atoms with E-state index < -0.39 is 6.10 Å². The normalized spacial score (nSPS) is 17.6. The molecule has 0 bridgehead atoms. The Bertz CT molecular complexity index is 943. The van der Waals surface area contributed by atoms with Crippen LogP contribution in [-0.2, 0) is 0 Å². The SMILES string of the molecule is O=C(c1cc(-c2cccnc2)no1)N1CCCC1CC(O)c1ccc(F)cc1. The Labute approximate surface area is 161 Å². The van der Waals surface area contributed by atoms with E-state index in [0.717, 1.165) is 18.4 Å². The smallest absolute Gasteiger partial charge is 0.292 e. The summed E-state index contributed by atoms with van der Waals surface area (Å²) in [4.78, 5) is 18.7. The van der Waals surface area contributed by atoms with Gasteiger partial charge >= 0.3 is 0 Å². The second-order valence-corrected chi connectivity index (χ2v) is 6.92. The number of halogens is 1. The predicted molar refractivity (Wildman–Crippen MR) is 99.8 cm³/mol. The highest BCUT2D eigenvalue weighted by Crippen LogP contribution is 2.29. The highest BCUT2D eigenvalue weighted by atomic mass is 19.1. The van der Waals surface area contributed by atoms with Crippen molar-refractivity contribution in [1.29, 1.82) is 0 Å². The van der Waals surface area contributed by atoms with Crippen LogP contribution in [0.5, 0.6) is 0 Å². The van der Waals surface area contributed by atoms with Gasteiger partial charge in [-0.25, -0.2) is 4.39 Å². The summed E-state index contributed by atoms with van der Waals surface area (Å²) < 4.78 is 18.4. The van der Waals surface area contributed by atoms with E-state index >= 15 is 0 Å². The molecule has 4 rings (SSSR count). The third-order valence-corrected chi connectivity index (χ3v) is 5.07. The number of aliphatic hydroxyl groups is 1. The summed E-state index contributed by atoms with van der Waals surface area (Å²) in [5, 5.41) is 14.5. The molecule has 1 N–H and O–H groups in total. The van der Waals surface area contributed by atoms with Crippen molar-refractivity contribution in [1.82, 2.24) is 15.0 Å². The molecule has 1 aromatic carbocycles. The largest absolute Gasteiger partial charge is 0.388 e. The van der Waals surface area contributed by atoms with Crippen LogP contribution in [-0.4, -0.2) is 38.6 Å². The lowest BCUT2D eigenvalue weighted by Gasteiger charge is -2.25. The van der Waals surface area contributed by atoms with Gasteiger partial charge in [-0.15, -0.1) is 0 Å². The van der Waals surface area contributed by atoms with Gasteiger partial charge in [0.1, 0.15) is 11.5 Å². The van der Waals surface area contributed by atoms with E-state index in [0.29, 0.717) is 24.2 Å². The number of hydrogen-bond donors (Lipinski definition) is 1. The Balaban J connectivity index is 1.46. The Morgan fingerprint density at radius 3 is 2.89 bits per heavy atom. The van der Waals surface area contributed by atoms with E-state index in [2.05, 4.69) is 10.1 Å². The third-order valence-electron chi connectivity index (χ3n) is 5.07. The summed E-state index contributed by atoms with van der Waals surface area (Å²) in [5.41, 5.74) is 1.97. The summed E-state index contributed by atoms with van der Waals surface area (Å²) >= 11 is 0. The predicted octanol–water partition coefficient (Wildman–Crippen LogP) is 3.60. The van der Waals surface area contributed by atoms with Gasteiger partial charge in [0.05, 0.1) is 6.10 Å². The fourth-order valence-electron chi connectivity index (χ4n) is 3.59. The number of aliphatic hydroxyl groups excluding tert-OH is 1. The molecule has 3 heterocycles. The van der Waals surface area contributed by atoms with E-state index in [1.807, 2.05) is 6.07 Å². The zero-order valence-corrected chi connectivity index (χ0v) is 15.2. The fourth-order valence-corrected chi connectivity index (χ4v) is 3.59. The molecule has 1 saturated heterocycles. The van der Waals surface area contributed by atoms with E-state index in [9.17, 15) is 14.3 Å². The van der Waals surface area contributed by atoms with Gasteiger partial charge in [-0.2, -0.15) is 0 Å². The lowest BCUT2D eigenvalue weighted by Crippen LogP contribution is -2.36. The first-order valence-corrected chi connectivity index (χ1v) is 9.23. The van der Waals surface area contributed by atoms with Crippen molar-refractivity contribution < 1.29 is 18.8 Å². The van der Waals surface area contributed by atoms with Crippen molar-refractivity contribution in [3.05, 3.63) is 72.0 Å². The van der Waals surface area contributed by atoms with Gasteiger partial charge in [-0.05, 0) is 49.1 Å². The van der Waals surface area contributed by atoms with Crippen molar-refractivity contribution in [2.45, 2.75) is 31.4 Å². The monoisotopic (exact) mass is 381 g/mol. The first kappa shape index (κ1) is 18.3. The van der Waals surface area contributed by atoms with Gasteiger partial charge in [0.2, 0.25) is 5.76 Å². The lowest BCUT2D eigenvalue weighted by atomic mass is 10.0. The number of likely N-dealkylation sites (tertiary alicyclic amines) is 1. The number of pyridine rings is 1. The molecule has 28 heavy (non-hydrogen) atoms. The summed E-state index contributed by atoms with van der Waals surface area (Å²) in [7, 11) is 0. The molecule has 2 aromatic heterocycles. The molecular formula is C21H20FN3O3. The van der Waals surface area contributed by atoms with E-state index in [1.54, 1.807) is 41.6 Å². The molecule has 3 aromatic rings. The van der Waals surface area contributed by atoms with Gasteiger partial charge in [-0.1, -0.05) is 17.3 Å². The highest BCUT2D eigenvalue weighted by molar-refractivity contribution is 5.92. The molecule has 7 heteroatoms. The average Bonchev–Trinajstić information content (AvgIpc) is 3.38. The third kappa shape index (κ3) is 3.80. The van der Waals surface area contributed by atoms with Crippen molar-refractivity contribution in [3.8, 4) is 11.3 Å². The van der Waals surface area contributed by atoms with Crippen molar-refractivity contribution in [3.63, 3.8) is 0 Å². The number of rotatable bonds is 5. The number of carbonyl (C=O) groups excluding carboxylic acids is 1. The van der Waals surface area contributed by atoms with Crippen molar-refractivity contribution in [2.75, 3.05) is 6.54 Å². The molecule has 144 valence electrons. The molecule has 1 fully saturated rings. The number of aromatic nitrogens is 2. The van der Waals surface area contributed by atoms with Gasteiger partial charge in [0, 0.05) is 36.6 Å². The maximum atomic E-state index is 13.1. The summed E-state index contributed by atoms with van der Waals surface area (Å²) in [6, 6.07) is 10.9. The fraction of sp³-hybridized carbons (Fsp3) is 0.286. The van der Waals surface area contributed by atoms with Crippen LogP contribution in [0.15, 0.2) is 59.4 Å².